The Morgan fingerprint density at radius 2 is 1.95 bits per heavy atom. The third-order valence-corrected chi connectivity index (χ3v) is 6.32. The predicted molar refractivity (Wildman–Crippen MR) is 137 cm³/mol. The average Bonchev–Trinajstić information content (AvgIpc) is 3.63. The quantitative estimate of drug-likeness (QED) is 0.390. The zero-order valence-electron chi connectivity index (χ0n) is 20.9. The van der Waals surface area contributed by atoms with E-state index in [1.165, 1.54) is 4.90 Å². The monoisotopic (exact) mass is 500 g/mol. The maximum absolute atomic E-state index is 13.3. The van der Waals surface area contributed by atoms with Gasteiger partial charge >= 0.3 is 6.09 Å². The van der Waals surface area contributed by atoms with E-state index >= 15 is 0 Å². The maximum Gasteiger partial charge on any atom is 0.410 e. The highest BCUT2D eigenvalue weighted by Gasteiger charge is 2.35. The molecule has 2 amide bonds. The van der Waals surface area contributed by atoms with E-state index < -0.39 is 12.1 Å². The fourth-order valence-electron chi connectivity index (χ4n) is 4.50. The van der Waals surface area contributed by atoms with Crippen LogP contribution >= 0.6 is 0 Å². The smallest absolute Gasteiger partial charge is 0.410 e. The minimum absolute atomic E-state index is 0.148. The molecule has 1 saturated heterocycles. The highest BCUT2D eigenvalue weighted by Crippen LogP contribution is 2.29. The highest BCUT2D eigenvalue weighted by molar-refractivity contribution is 5.96. The Bertz CT molecular complexity index is 1410. The largest absolute Gasteiger partial charge is 0.458 e. The number of hydrogen-bond acceptors (Lipinski definition) is 7. The van der Waals surface area contributed by atoms with Gasteiger partial charge in [-0.2, -0.15) is 5.10 Å². The summed E-state index contributed by atoms with van der Waals surface area (Å²) in [6.07, 6.45) is 0.730. The zero-order chi connectivity index (χ0) is 25.9. The molecule has 1 aliphatic heterocycles. The van der Waals surface area contributed by atoms with Gasteiger partial charge in [0.2, 0.25) is 5.91 Å². The van der Waals surface area contributed by atoms with Gasteiger partial charge in [-0.3, -0.25) is 14.8 Å². The molecule has 5 rings (SSSR count). The first kappa shape index (κ1) is 24.2. The number of nitrogens with one attached hydrogen (secondary N) is 2. The van der Waals surface area contributed by atoms with Crippen LogP contribution < -0.4 is 5.32 Å². The number of aromatic amines is 1. The van der Waals surface area contributed by atoms with E-state index in [2.05, 4.69) is 25.5 Å². The van der Waals surface area contributed by atoms with Gasteiger partial charge in [-0.05, 0) is 51.3 Å². The first-order valence-electron chi connectivity index (χ1n) is 12.1. The minimum atomic E-state index is -0.659. The first-order valence-corrected chi connectivity index (χ1v) is 12.1. The molecule has 1 unspecified atom stereocenters. The van der Waals surface area contributed by atoms with E-state index in [4.69, 9.17) is 9.15 Å². The van der Waals surface area contributed by atoms with Crippen LogP contribution in [0, 0.1) is 20.8 Å². The van der Waals surface area contributed by atoms with Gasteiger partial charge in [0.1, 0.15) is 24.2 Å². The van der Waals surface area contributed by atoms with Gasteiger partial charge in [0.15, 0.2) is 11.6 Å². The number of likely N-dealkylation sites (tertiary alicyclic amines) is 1. The van der Waals surface area contributed by atoms with Crippen molar-refractivity contribution >= 4 is 17.8 Å². The lowest BCUT2D eigenvalue weighted by atomic mass is 10.1. The summed E-state index contributed by atoms with van der Waals surface area (Å²) < 4.78 is 11.2. The molecule has 0 aliphatic carbocycles. The van der Waals surface area contributed by atoms with E-state index in [0.29, 0.717) is 42.5 Å². The third-order valence-electron chi connectivity index (χ3n) is 6.32. The molecule has 10 nitrogen and oxygen atoms in total. The molecule has 37 heavy (non-hydrogen) atoms. The third kappa shape index (κ3) is 5.23. The van der Waals surface area contributed by atoms with Crippen molar-refractivity contribution in [1.29, 1.82) is 0 Å². The summed E-state index contributed by atoms with van der Waals surface area (Å²) in [6, 6.07) is 14.1. The molecule has 0 bridgehead atoms. The molecule has 10 heteroatoms. The average molecular weight is 501 g/mol. The molecule has 3 aromatic heterocycles. The van der Waals surface area contributed by atoms with Crippen LogP contribution in [0.5, 0.6) is 0 Å². The Balaban J connectivity index is 1.37. The Morgan fingerprint density at radius 1 is 1.14 bits per heavy atom. The van der Waals surface area contributed by atoms with Crippen molar-refractivity contribution in [3.63, 3.8) is 0 Å². The van der Waals surface area contributed by atoms with Crippen LogP contribution in [0.25, 0.3) is 22.8 Å². The minimum Gasteiger partial charge on any atom is -0.458 e. The number of hydrogen-bond donors (Lipinski definition) is 2. The van der Waals surface area contributed by atoms with Crippen LogP contribution in [0.3, 0.4) is 0 Å². The molecule has 0 saturated carbocycles. The zero-order valence-corrected chi connectivity index (χ0v) is 20.9. The Labute approximate surface area is 214 Å². The maximum atomic E-state index is 13.3. The van der Waals surface area contributed by atoms with Crippen LogP contribution in [0.15, 0.2) is 52.9 Å². The van der Waals surface area contributed by atoms with E-state index in [1.54, 1.807) is 12.1 Å². The number of anilines is 1. The van der Waals surface area contributed by atoms with Crippen molar-refractivity contribution < 1.29 is 18.7 Å². The van der Waals surface area contributed by atoms with Gasteiger partial charge < -0.3 is 14.5 Å². The van der Waals surface area contributed by atoms with Crippen LogP contribution in [0.4, 0.5) is 10.6 Å². The van der Waals surface area contributed by atoms with Gasteiger partial charge in [0.05, 0.1) is 11.4 Å². The number of rotatable bonds is 6. The molecule has 0 radical (unpaired) electrons. The van der Waals surface area contributed by atoms with Crippen molar-refractivity contribution in [3.8, 4) is 22.8 Å². The second kappa shape index (κ2) is 10.3. The van der Waals surface area contributed by atoms with Crippen molar-refractivity contribution in [3.05, 3.63) is 71.2 Å². The molecular formula is C27H28N6O4. The van der Waals surface area contributed by atoms with E-state index in [-0.39, 0.29) is 12.5 Å². The molecule has 1 aromatic carbocycles. The summed E-state index contributed by atoms with van der Waals surface area (Å²) in [7, 11) is 0. The molecule has 190 valence electrons. The van der Waals surface area contributed by atoms with Gasteiger partial charge in [-0.1, -0.05) is 30.3 Å². The summed E-state index contributed by atoms with van der Waals surface area (Å²) in [4.78, 5) is 36.8. The number of H-pyrrole nitrogens is 1. The van der Waals surface area contributed by atoms with Gasteiger partial charge in [0.25, 0.3) is 0 Å². The normalized spacial score (nSPS) is 15.1. The van der Waals surface area contributed by atoms with Crippen molar-refractivity contribution in [1.82, 2.24) is 25.1 Å². The standard InChI is InChI=1S/C27H28N6O4/c1-16-11-12-22(37-16)25-28-20(24-17(2)31-32-18(24)3)14-23(29-25)30-26(34)21-10-7-13-33(21)27(35)36-15-19-8-5-4-6-9-19/h4-6,8-9,11-12,14,21H,7,10,13,15H2,1-3H3,(H,31,32)(H,28,29,30,34). The van der Waals surface area contributed by atoms with Crippen LogP contribution in [-0.4, -0.2) is 49.7 Å². The molecule has 1 aliphatic rings. The second-order valence-corrected chi connectivity index (χ2v) is 9.06. The fraction of sp³-hybridized carbons (Fsp3) is 0.296. The summed E-state index contributed by atoms with van der Waals surface area (Å²) >= 11 is 0. The fourth-order valence-corrected chi connectivity index (χ4v) is 4.50. The highest BCUT2D eigenvalue weighted by atomic mass is 16.6. The Morgan fingerprint density at radius 3 is 2.65 bits per heavy atom. The van der Waals surface area contributed by atoms with Crippen molar-refractivity contribution in [2.45, 2.75) is 46.3 Å². The molecular weight excluding hydrogens is 472 g/mol. The number of ether oxygens (including phenoxy) is 1. The van der Waals surface area contributed by atoms with Crippen molar-refractivity contribution in [2.24, 2.45) is 0 Å². The molecule has 1 atom stereocenters. The number of benzene rings is 1. The molecule has 4 heterocycles. The summed E-state index contributed by atoms with van der Waals surface area (Å²) in [5, 5.41) is 10.1. The number of aryl methyl sites for hydroxylation is 3. The summed E-state index contributed by atoms with van der Waals surface area (Å²) in [5.41, 5.74) is 3.93. The van der Waals surface area contributed by atoms with Crippen LogP contribution in [-0.2, 0) is 16.1 Å². The molecule has 2 N–H and O–H groups in total. The summed E-state index contributed by atoms with van der Waals surface area (Å²) in [5.74, 6) is 1.53. The number of amides is 2. The van der Waals surface area contributed by atoms with E-state index in [0.717, 1.165) is 28.3 Å². The first-order chi connectivity index (χ1) is 17.9. The van der Waals surface area contributed by atoms with Crippen LogP contribution in [0.2, 0.25) is 0 Å². The molecule has 1 fully saturated rings. The SMILES string of the molecule is Cc1ccc(-c2nc(NC(=O)C3CCCN3C(=O)OCc3ccccc3)cc(-c3c(C)n[nH]c3C)n2)o1. The van der Waals surface area contributed by atoms with E-state index in [1.807, 2.05) is 57.2 Å². The van der Waals surface area contributed by atoms with E-state index in [9.17, 15) is 9.59 Å². The van der Waals surface area contributed by atoms with Gasteiger partial charge in [0, 0.05) is 23.9 Å². The van der Waals surface area contributed by atoms with Crippen molar-refractivity contribution in [2.75, 3.05) is 11.9 Å². The van der Waals surface area contributed by atoms with Crippen LogP contribution in [0.1, 0.15) is 35.6 Å². The Hall–Kier alpha value is -4.47. The lowest BCUT2D eigenvalue weighted by molar-refractivity contribution is -0.120. The van der Waals surface area contributed by atoms with Gasteiger partial charge in [-0.15, -0.1) is 0 Å². The molecule has 0 spiro atoms. The number of carbonyl (C=O) groups excluding carboxylic acids is 2. The number of carbonyl (C=O) groups is 2. The predicted octanol–water partition coefficient (Wildman–Crippen LogP) is 4.79. The van der Waals surface area contributed by atoms with Gasteiger partial charge in [-0.25, -0.2) is 14.8 Å². The number of nitrogens with zero attached hydrogens (tertiary/aromatic N) is 4. The topological polar surface area (TPSA) is 126 Å². The molecule has 4 aromatic rings. The Kier molecular flexibility index (Phi) is 6.72. The number of aromatic nitrogens is 4. The second-order valence-electron chi connectivity index (χ2n) is 9.06. The lowest BCUT2D eigenvalue weighted by Gasteiger charge is -2.23. The summed E-state index contributed by atoms with van der Waals surface area (Å²) in [6.45, 7) is 6.23. The number of furan rings is 1. The lowest BCUT2D eigenvalue weighted by Crippen LogP contribution is -2.43.